The van der Waals surface area contributed by atoms with Gasteiger partial charge in [-0.1, -0.05) is 36.4 Å². The number of carbonyl (C=O) groups excluding carboxylic acids is 1. The number of carboxylic acids is 1. The second-order valence-electron chi connectivity index (χ2n) is 8.19. The van der Waals surface area contributed by atoms with Crippen molar-refractivity contribution in [3.8, 4) is 16.9 Å². The van der Waals surface area contributed by atoms with Gasteiger partial charge in [-0.05, 0) is 60.4 Å². The molecule has 0 radical (unpaired) electrons. The zero-order valence-corrected chi connectivity index (χ0v) is 17.6. The van der Waals surface area contributed by atoms with Crippen molar-refractivity contribution in [2.45, 2.75) is 32.5 Å². The maximum absolute atomic E-state index is 14.5. The van der Waals surface area contributed by atoms with E-state index in [2.05, 4.69) is 0 Å². The van der Waals surface area contributed by atoms with Crippen LogP contribution in [-0.2, 0) is 23.4 Å². The van der Waals surface area contributed by atoms with E-state index in [0.717, 1.165) is 27.8 Å². The van der Waals surface area contributed by atoms with Gasteiger partial charge in [0.1, 0.15) is 11.5 Å². The molecule has 0 unspecified atom stereocenters. The van der Waals surface area contributed by atoms with Gasteiger partial charge in [-0.15, -0.1) is 0 Å². The number of aliphatic carboxylic acids is 1. The Morgan fingerprint density at radius 1 is 1.06 bits per heavy atom. The summed E-state index contributed by atoms with van der Waals surface area (Å²) in [6.07, 6.45) is -0.0753. The zero-order chi connectivity index (χ0) is 23.0. The van der Waals surface area contributed by atoms with Crippen LogP contribution >= 0.6 is 0 Å². The Labute approximate surface area is 183 Å². The lowest BCUT2D eigenvalue weighted by molar-refractivity contribution is -0.136. The van der Waals surface area contributed by atoms with Gasteiger partial charge in [0.15, 0.2) is 5.75 Å². The normalized spacial score (nSPS) is 12.9. The van der Waals surface area contributed by atoms with Crippen molar-refractivity contribution < 1.29 is 28.3 Å². The molecule has 0 saturated heterocycles. The topological polar surface area (TPSA) is 66.8 Å². The molecule has 1 heterocycles. The number of fused-ring (bicyclic) bond motifs is 1. The summed E-state index contributed by atoms with van der Waals surface area (Å²) in [7, 11) is 0. The van der Waals surface area contributed by atoms with E-state index in [9.17, 15) is 18.4 Å². The fourth-order valence-corrected chi connectivity index (χ4v) is 3.62. The summed E-state index contributed by atoms with van der Waals surface area (Å²) in [5.74, 6) is -1.90. The molecule has 0 atom stereocenters. The molecule has 0 aromatic heterocycles. The number of halogens is 2. The van der Waals surface area contributed by atoms with Crippen LogP contribution in [0.2, 0.25) is 0 Å². The third-order valence-electron chi connectivity index (χ3n) is 5.31. The Hall–Kier alpha value is -3.74. The van der Waals surface area contributed by atoms with Crippen LogP contribution in [0.15, 0.2) is 60.7 Å². The van der Waals surface area contributed by atoms with Crippen LogP contribution in [-0.4, -0.2) is 22.0 Å². The molecule has 5 nitrogen and oxygen atoms in total. The zero-order valence-electron chi connectivity index (χ0n) is 17.6. The molecule has 3 aromatic carbocycles. The summed E-state index contributed by atoms with van der Waals surface area (Å²) in [6.45, 7) is 2.75. The van der Waals surface area contributed by atoms with Gasteiger partial charge >= 0.3 is 5.97 Å². The number of nitrogens with zero attached hydrogens (tertiary/aromatic N) is 1. The number of alkyl halides is 1. The molecule has 4 rings (SSSR count). The van der Waals surface area contributed by atoms with Crippen LogP contribution in [0.4, 0.5) is 8.78 Å². The number of rotatable bonds is 5. The first kappa shape index (κ1) is 21.5. The predicted molar refractivity (Wildman–Crippen MR) is 114 cm³/mol. The van der Waals surface area contributed by atoms with Crippen molar-refractivity contribution in [3.05, 3.63) is 88.7 Å². The van der Waals surface area contributed by atoms with E-state index in [1.807, 2.05) is 18.2 Å². The summed E-state index contributed by atoms with van der Waals surface area (Å²) in [4.78, 5) is 29.4. The standard InChI is InChI=1S/C25H21F2NO4/c1-25(2,27)19-7-8-20(21(26)13-19)24(31)28-14-18-12-17(6-9-22(18)32-28)16-5-3-4-15(10-16)11-23(29)30/h3-10,12-13H,11,14H2,1-2H3,(H,29,30). The van der Waals surface area contributed by atoms with E-state index in [1.165, 1.54) is 26.0 Å². The molecule has 32 heavy (non-hydrogen) atoms. The van der Waals surface area contributed by atoms with Crippen molar-refractivity contribution in [1.29, 1.82) is 0 Å². The number of benzene rings is 3. The second kappa shape index (κ2) is 8.07. The van der Waals surface area contributed by atoms with Gasteiger partial charge in [-0.3, -0.25) is 9.59 Å². The first-order valence-electron chi connectivity index (χ1n) is 10.0. The van der Waals surface area contributed by atoms with E-state index in [-0.39, 0.29) is 24.1 Å². The van der Waals surface area contributed by atoms with E-state index >= 15 is 0 Å². The molecule has 3 aromatic rings. The van der Waals surface area contributed by atoms with Crippen molar-refractivity contribution in [3.63, 3.8) is 0 Å². The Bertz CT molecular complexity index is 1220. The largest absolute Gasteiger partial charge is 0.481 e. The minimum absolute atomic E-state index is 0.0753. The minimum Gasteiger partial charge on any atom is -0.481 e. The molecule has 0 saturated carbocycles. The fraction of sp³-hybridized carbons (Fsp3) is 0.200. The van der Waals surface area contributed by atoms with Gasteiger partial charge in [0, 0.05) is 5.56 Å². The highest BCUT2D eigenvalue weighted by Gasteiger charge is 2.30. The summed E-state index contributed by atoms with van der Waals surface area (Å²) in [5.41, 5.74) is 1.32. The SMILES string of the molecule is CC(C)(F)c1ccc(C(=O)N2Cc3cc(-c4cccc(CC(=O)O)c4)ccc3O2)c(F)c1. The highest BCUT2D eigenvalue weighted by molar-refractivity contribution is 5.94. The maximum atomic E-state index is 14.5. The lowest BCUT2D eigenvalue weighted by atomic mass is 9.98. The Balaban J connectivity index is 1.55. The van der Waals surface area contributed by atoms with Gasteiger partial charge in [-0.25, -0.2) is 8.78 Å². The second-order valence-corrected chi connectivity index (χ2v) is 8.19. The van der Waals surface area contributed by atoms with Crippen LogP contribution in [0.25, 0.3) is 11.1 Å². The van der Waals surface area contributed by atoms with Crippen LogP contribution < -0.4 is 4.84 Å². The van der Waals surface area contributed by atoms with E-state index in [4.69, 9.17) is 9.94 Å². The molecular formula is C25H21F2NO4. The van der Waals surface area contributed by atoms with Crippen molar-refractivity contribution >= 4 is 11.9 Å². The maximum Gasteiger partial charge on any atom is 0.307 e. The van der Waals surface area contributed by atoms with Crippen molar-refractivity contribution in [2.24, 2.45) is 0 Å². The van der Waals surface area contributed by atoms with Gasteiger partial charge in [0.2, 0.25) is 0 Å². The highest BCUT2D eigenvalue weighted by Crippen LogP contribution is 2.34. The van der Waals surface area contributed by atoms with E-state index < -0.39 is 23.4 Å². The molecule has 0 spiro atoms. The quantitative estimate of drug-likeness (QED) is 0.590. The molecule has 1 aliphatic heterocycles. The van der Waals surface area contributed by atoms with Crippen LogP contribution in [0.1, 0.15) is 40.9 Å². The number of hydrogen-bond acceptors (Lipinski definition) is 3. The molecule has 0 aliphatic carbocycles. The molecular weight excluding hydrogens is 416 g/mol. The Morgan fingerprint density at radius 2 is 1.81 bits per heavy atom. The third-order valence-corrected chi connectivity index (χ3v) is 5.31. The monoisotopic (exact) mass is 437 g/mol. The highest BCUT2D eigenvalue weighted by atomic mass is 19.1. The van der Waals surface area contributed by atoms with E-state index in [1.54, 1.807) is 24.3 Å². The van der Waals surface area contributed by atoms with Crippen LogP contribution in [0, 0.1) is 5.82 Å². The summed E-state index contributed by atoms with van der Waals surface area (Å²) in [6, 6.07) is 16.3. The van der Waals surface area contributed by atoms with Crippen LogP contribution in [0.5, 0.6) is 5.75 Å². The van der Waals surface area contributed by atoms with Crippen LogP contribution in [0.3, 0.4) is 0 Å². The summed E-state index contributed by atoms with van der Waals surface area (Å²) >= 11 is 0. The lowest BCUT2D eigenvalue weighted by Crippen LogP contribution is -2.30. The van der Waals surface area contributed by atoms with Crippen molar-refractivity contribution in [2.75, 3.05) is 0 Å². The first-order chi connectivity index (χ1) is 15.1. The van der Waals surface area contributed by atoms with Crippen molar-refractivity contribution in [1.82, 2.24) is 5.06 Å². The fourth-order valence-electron chi connectivity index (χ4n) is 3.62. The number of carbonyl (C=O) groups is 2. The average Bonchev–Trinajstić information content (AvgIpc) is 3.15. The number of hydrogen-bond donors (Lipinski definition) is 1. The molecule has 1 amide bonds. The lowest BCUT2D eigenvalue weighted by Gasteiger charge is -2.18. The Morgan fingerprint density at radius 3 is 2.50 bits per heavy atom. The molecule has 1 aliphatic rings. The van der Waals surface area contributed by atoms with Gasteiger partial charge in [0.05, 0.1) is 18.5 Å². The van der Waals surface area contributed by atoms with E-state index in [0.29, 0.717) is 11.3 Å². The average molecular weight is 437 g/mol. The third kappa shape index (κ3) is 4.32. The Kier molecular flexibility index (Phi) is 5.42. The summed E-state index contributed by atoms with van der Waals surface area (Å²) < 4.78 is 28.6. The molecule has 0 fully saturated rings. The van der Waals surface area contributed by atoms with Gasteiger partial charge < -0.3 is 9.94 Å². The first-order valence-corrected chi connectivity index (χ1v) is 10.0. The molecule has 7 heteroatoms. The molecule has 1 N–H and O–H groups in total. The van der Waals surface area contributed by atoms with Gasteiger partial charge in [0.25, 0.3) is 5.91 Å². The number of amides is 1. The summed E-state index contributed by atoms with van der Waals surface area (Å²) in [5, 5.41) is 10.1. The van der Waals surface area contributed by atoms with Gasteiger partial charge in [-0.2, -0.15) is 5.06 Å². The number of hydroxylamine groups is 2. The predicted octanol–water partition coefficient (Wildman–Crippen LogP) is 5.27. The smallest absolute Gasteiger partial charge is 0.307 e. The molecule has 164 valence electrons. The molecule has 0 bridgehead atoms. The minimum atomic E-state index is -1.72. The number of carboxylic acid groups (broad SMARTS) is 1.